The van der Waals surface area contributed by atoms with Crippen molar-refractivity contribution in [3.8, 4) is 5.75 Å². The summed E-state index contributed by atoms with van der Waals surface area (Å²) < 4.78 is 5.75. The molecule has 1 fully saturated rings. The molecule has 0 aliphatic carbocycles. The molecule has 2 atom stereocenters. The summed E-state index contributed by atoms with van der Waals surface area (Å²) in [5.74, 6) is -0.460. The van der Waals surface area contributed by atoms with Gasteiger partial charge in [0.1, 0.15) is 17.6 Å². The number of carbonyl (C=O) groups excluding carboxylic acids is 2. The minimum Gasteiger partial charge on any atom is -0.507 e. The number of aliphatic hydroxyl groups excluding tert-OH is 1. The highest BCUT2D eigenvalue weighted by Crippen LogP contribution is 2.41. The first kappa shape index (κ1) is 21.6. The minimum atomic E-state index is -0.615. The molecule has 0 unspecified atom stereocenters. The molecule has 6 nitrogen and oxygen atoms in total. The molecular weight excluding hydrogens is 412 g/mol. The van der Waals surface area contributed by atoms with Crippen LogP contribution in [-0.4, -0.2) is 54.0 Å². The molecule has 1 amide bonds. The molecule has 7 heteroatoms. The molecule has 0 spiro atoms. The topological polar surface area (TPSA) is 71.3 Å². The van der Waals surface area contributed by atoms with Crippen LogP contribution in [0.5, 0.6) is 5.75 Å². The first-order chi connectivity index (χ1) is 14.9. The number of Topliss-reactive ketones (excluding diaryl/α,β-unsaturated/α-hetero) is 1. The molecule has 1 saturated heterocycles. The molecule has 1 aromatic carbocycles. The second kappa shape index (κ2) is 8.85. The molecule has 4 rings (SSSR count). The number of nitrogens with zero attached hydrogens (tertiary/aromatic N) is 1. The number of amides is 1. The van der Waals surface area contributed by atoms with Crippen LogP contribution in [0, 0.1) is 0 Å². The fourth-order valence-corrected chi connectivity index (χ4v) is 5.31. The molecule has 2 aliphatic heterocycles. The van der Waals surface area contributed by atoms with Crippen molar-refractivity contribution in [3.63, 3.8) is 0 Å². The Bertz CT molecular complexity index is 1010. The zero-order valence-corrected chi connectivity index (χ0v) is 19.0. The maximum absolute atomic E-state index is 13.1. The Hall–Kier alpha value is -2.64. The van der Waals surface area contributed by atoms with Crippen molar-refractivity contribution >= 4 is 28.8 Å². The molecule has 164 valence electrons. The summed E-state index contributed by atoms with van der Waals surface area (Å²) in [4.78, 5) is 29.9. The number of aliphatic hydroxyl groups is 1. The lowest BCUT2D eigenvalue weighted by atomic mass is 9.98. The number of likely N-dealkylation sites (tertiary alicyclic amines) is 1. The summed E-state index contributed by atoms with van der Waals surface area (Å²) >= 11 is 1.49. The van der Waals surface area contributed by atoms with Gasteiger partial charge in [0.15, 0.2) is 0 Å². The monoisotopic (exact) mass is 441 g/mol. The van der Waals surface area contributed by atoms with Crippen LogP contribution in [0.3, 0.4) is 0 Å². The summed E-state index contributed by atoms with van der Waals surface area (Å²) in [6.45, 7) is 9.37. The van der Waals surface area contributed by atoms with Gasteiger partial charge in [-0.2, -0.15) is 0 Å². The van der Waals surface area contributed by atoms with Crippen molar-refractivity contribution in [2.45, 2.75) is 39.3 Å². The number of hydrogen-bond acceptors (Lipinski definition) is 5. The Labute approximate surface area is 186 Å². The maximum Gasteiger partial charge on any atom is 0.295 e. The summed E-state index contributed by atoms with van der Waals surface area (Å²) in [7, 11) is 0. The van der Waals surface area contributed by atoms with Gasteiger partial charge in [-0.05, 0) is 56.0 Å². The van der Waals surface area contributed by atoms with E-state index in [9.17, 15) is 14.7 Å². The molecule has 2 N–H and O–H groups in total. The first-order valence-corrected chi connectivity index (χ1v) is 11.8. The van der Waals surface area contributed by atoms with Crippen LogP contribution < -0.4 is 9.64 Å². The Morgan fingerprint density at radius 2 is 2.03 bits per heavy atom. The van der Waals surface area contributed by atoms with Gasteiger partial charge in [0.2, 0.25) is 0 Å². The van der Waals surface area contributed by atoms with E-state index in [1.165, 1.54) is 16.2 Å². The van der Waals surface area contributed by atoms with E-state index < -0.39 is 17.7 Å². The SMILES string of the molecule is CC[NH+](CC)CCN1C(=O)C(=O)C(=C(O)c2ccc3c(c2)C[C@H](C)O3)[C@H]1c1cccs1. The number of nitrogens with one attached hydrogen (secondary N) is 1. The molecule has 0 saturated carbocycles. The van der Waals surface area contributed by atoms with Gasteiger partial charge in [0, 0.05) is 16.9 Å². The fourth-order valence-electron chi connectivity index (χ4n) is 4.46. The van der Waals surface area contributed by atoms with E-state index in [-0.39, 0.29) is 17.4 Å². The maximum atomic E-state index is 13.1. The third-order valence-electron chi connectivity index (χ3n) is 6.23. The lowest BCUT2D eigenvalue weighted by Crippen LogP contribution is -3.12. The fraction of sp³-hybridized carbons (Fsp3) is 0.417. The molecule has 31 heavy (non-hydrogen) atoms. The number of fused-ring (bicyclic) bond motifs is 1. The van der Waals surface area contributed by atoms with Crippen LogP contribution in [0.15, 0.2) is 41.3 Å². The van der Waals surface area contributed by atoms with Crippen LogP contribution >= 0.6 is 11.3 Å². The van der Waals surface area contributed by atoms with Gasteiger partial charge in [-0.3, -0.25) is 9.59 Å². The molecule has 2 aromatic rings. The molecule has 1 aromatic heterocycles. The molecule has 0 radical (unpaired) electrons. The second-order valence-corrected chi connectivity index (χ2v) is 9.15. The number of hydrogen-bond donors (Lipinski definition) is 2. The summed E-state index contributed by atoms with van der Waals surface area (Å²) in [6.07, 6.45) is 0.845. The van der Waals surface area contributed by atoms with Gasteiger partial charge in [0.05, 0.1) is 37.8 Å². The zero-order chi connectivity index (χ0) is 22.1. The Morgan fingerprint density at radius 3 is 2.71 bits per heavy atom. The van der Waals surface area contributed by atoms with Crippen molar-refractivity contribution in [1.82, 2.24) is 4.90 Å². The predicted octanol–water partition coefficient (Wildman–Crippen LogP) is 2.42. The molecule has 0 bridgehead atoms. The summed E-state index contributed by atoms with van der Waals surface area (Å²) in [5, 5.41) is 13.1. The van der Waals surface area contributed by atoms with Crippen molar-refractivity contribution < 1.29 is 24.3 Å². The van der Waals surface area contributed by atoms with Crippen LogP contribution in [-0.2, 0) is 16.0 Å². The average Bonchev–Trinajstić information content (AvgIpc) is 3.47. The third-order valence-corrected chi connectivity index (χ3v) is 7.15. The summed E-state index contributed by atoms with van der Waals surface area (Å²) in [5.41, 5.74) is 1.72. The van der Waals surface area contributed by atoms with E-state index in [1.54, 1.807) is 11.0 Å². The summed E-state index contributed by atoms with van der Waals surface area (Å²) in [6, 6.07) is 8.72. The number of benzene rings is 1. The van der Waals surface area contributed by atoms with Crippen molar-refractivity contribution in [2.75, 3.05) is 26.2 Å². The van der Waals surface area contributed by atoms with Crippen molar-refractivity contribution in [2.24, 2.45) is 0 Å². The van der Waals surface area contributed by atoms with Gasteiger partial charge in [0.25, 0.3) is 11.7 Å². The number of ketones is 1. The Balaban J connectivity index is 1.74. The van der Waals surface area contributed by atoms with Gasteiger partial charge < -0.3 is 19.6 Å². The van der Waals surface area contributed by atoms with Crippen LogP contribution in [0.25, 0.3) is 5.76 Å². The van der Waals surface area contributed by atoms with Crippen LogP contribution in [0.4, 0.5) is 0 Å². The van der Waals surface area contributed by atoms with Crippen molar-refractivity contribution in [3.05, 3.63) is 57.3 Å². The highest BCUT2D eigenvalue weighted by molar-refractivity contribution is 7.10. The smallest absolute Gasteiger partial charge is 0.295 e. The standard InChI is InChI=1S/C24H28N2O4S/c1-4-25(5-2)10-11-26-21(19-7-6-12-31-19)20(23(28)24(26)29)22(27)16-8-9-18-17(14-16)13-15(3)30-18/h6-9,12,14-15,21,27H,4-5,10-11,13H2,1-3H3/p+1/t15-,21+/m0/s1. The largest absolute Gasteiger partial charge is 0.507 e. The minimum absolute atomic E-state index is 0.0895. The predicted molar refractivity (Wildman–Crippen MR) is 120 cm³/mol. The van der Waals surface area contributed by atoms with Crippen LogP contribution in [0.1, 0.15) is 42.8 Å². The highest BCUT2D eigenvalue weighted by atomic mass is 32.1. The van der Waals surface area contributed by atoms with E-state index in [2.05, 4.69) is 13.8 Å². The van der Waals surface area contributed by atoms with E-state index in [0.29, 0.717) is 12.1 Å². The molecular formula is C24H29N2O4S+. The van der Waals surface area contributed by atoms with Gasteiger partial charge in [-0.25, -0.2) is 0 Å². The number of quaternary nitrogens is 1. The normalized spacial score (nSPS) is 22.3. The lowest BCUT2D eigenvalue weighted by Gasteiger charge is -2.25. The first-order valence-electron chi connectivity index (χ1n) is 10.9. The number of rotatable bonds is 7. The molecule has 3 heterocycles. The van der Waals surface area contributed by atoms with Gasteiger partial charge >= 0.3 is 0 Å². The quantitative estimate of drug-likeness (QED) is 0.393. The number of ether oxygens (including phenoxy) is 1. The van der Waals surface area contributed by atoms with Crippen molar-refractivity contribution in [1.29, 1.82) is 0 Å². The third kappa shape index (κ3) is 4.00. The van der Waals surface area contributed by atoms with E-state index in [1.807, 2.05) is 36.6 Å². The van der Waals surface area contributed by atoms with E-state index >= 15 is 0 Å². The van der Waals surface area contributed by atoms with Gasteiger partial charge in [-0.15, -0.1) is 11.3 Å². The van der Waals surface area contributed by atoms with Gasteiger partial charge in [-0.1, -0.05) is 6.07 Å². The lowest BCUT2D eigenvalue weighted by molar-refractivity contribution is -0.895. The van der Waals surface area contributed by atoms with E-state index in [0.717, 1.165) is 42.2 Å². The highest BCUT2D eigenvalue weighted by Gasteiger charge is 2.46. The zero-order valence-electron chi connectivity index (χ0n) is 18.2. The van der Waals surface area contributed by atoms with E-state index in [4.69, 9.17) is 4.74 Å². The Kier molecular flexibility index (Phi) is 6.16. The number of likely N-dealkylation sites (N-methyl/N-ethyl adjacent to an activating group) is 1. The number of carbonyl (C=O) groups is 2. The second-order valence-electron chi connectivity index (χ2n) is 8.17. The van der Waals surface area contributed by atoms with Crippen LogP contribution in [0.2, 0.25) is 0 Å². The average molecular weight is 442 g/mol. The Morgan fingerprint density at radius 1 is 1.26 bits per heavy atom. The number of thiophene rings is 1. The molecule has 2 aliphatic rings.